The number of carbonyl (C=O) groups is 1. The minimum atomic E-state index is -0.246. The van der Waals surface area contributed by atoms with Crippen molar-refractivity contribution in [2.45, 2.75) is 44.8 Å². The number of aryl methyl sites for hydroxylation is 1. The number of likely N-dealkylation sites (tertiary alicyclic amines) is 2. The maximum Gasteiger partial charge on any atom is 0.254 e. The van der Waals surface area contributed by atoms with E-state index in [0.717, 1.165) is 50.3 Å². The minimum Gasteiger partial charge on any atom is -0.496 e. The summed E-state index contributed by atoms with van der Waals surface area (Å²) in [5.74, 6) is 1.79. The van der Waals surface area contributed by atoms with Crippen molar-refractivity contribution in [1.29, 1.82) is 0 Å². The van der Waals surface area contributed by atoms with E-state index >= 15 is 0 Å². The number of aliphatic hydroxyl groups excluding tert-OH is 1. The fourth-order valence-electron chi connectivity index (χ4n) is 5.17. The Morgan fingerprint density at radius 1 is 1.15 bits per heavy atom. The van der Waals surface area contributed by atoms with Crippen LogP contribution in [0.5, 0.6) is 5.75 Å². The van der Waals surface area contributed by atoms with Gasteiger partial charge in [0.15, 0.2) is 0 Å². The number of methoxy groups -OCH3 is 1. The lowest BCUT2D eigenvalue weighted by Gasteiger charge is -2.40. The molecular formula is C21H30N2O3. The van der Waals surface area contributed by atoms with Crippen molar-refractivity contribution >= 4 is 5.91 Å². The van der Waals surface area contributed by atoms with Crippen LogP contribution in [-0.2, 0) is 0 Å². The summed E-state index contributed by atoms with van der Waals surface area (Å²) < 4.78 is 5.37. The molecule has 4 atom stereocenters. The van der Waals surface area contributed by atoms with Gasteiger partial charge in [0.25, 0.3) is 5.91 Å². The van der Waals surface area contributed by atoms with E-state index < -0.39 is 0 Å². The van der Waals surface area contributed by atoms with E-state index in [2.05, 4.69) is 4.90 Å². The van der Waals surface area contributed by atoms with Crippen LogP contribution < -0.4 is 4.74 Å². The van der Waals surface area contributed by atoms with Crippen LogP contribution in [0.25, 0.3) is 0 Å². The van der Waals surface area contributed by atoms with Gasteiger partial charge in [-0.2, -0.15) is 0 Å². The van der Waals surface area contributed by atoms with Crippen LogP contribution >= 0.6 is 0 Å². The Morgan fingerprint density at radius 2 is 1.85 bits per heavy atom. The van der Waals surface area contributed by atoms with Gasteiger partial charge in [-0.05, 0) is 75.2 Å². The van der Waals surface area contributed by atoms with Crippen molar-refractivity contribution in [3.63, 3.8) is 0 Å². The number of carbonyl (C=O) groups excluding carboxylic acids is 1. The molecule has 1 aromatic carbocycles. The Kier molecular flexibility index (Phi) is 4.93. The summed E-state index contributed by atoms with van der Waals surface area (Å²) in [6.07, 6.45) is 4.09. The molecule has 1 aromatic rings. The molecule has 0 radical (unpaired) electrons. The van der Waals surface area contributed by atoms with Gasteiger partial charge in [0, 0.05) is 24.7 Å². The lowest BCUT2D eigenvalue weighted by molar-refractivity contribution is -0.000864. The Hall–Kier alpha value is -1.59. The lowest BCUT2D eigenvalue weighted by atomic mass is 9.77. The highest BCUT2D eigenvalue weighted by Gasteiger charge is 2.45. The van der Waals surface area contributed by atoms with Gasteiger partial charge in [-0.15, -0.1) is 0 Å². The third-order valence-corrected chi connectivity index (χ3v) is 6.66. The molecule has 4 rings (SSSR count). The molecule has 1 saturated carbocycles. The SMILES string of the molecule is COc1cc(C(=O)N2C[C@H]3C[C@@H](N4CCCC4)[C@H](O)C[C@H]3C2)ccc1C. The molecule has 1 N–H and O–H groups in total. The highest BCUT2D eigenvalue weighted by molar-refractivity contribution is 5.95. The van der Waals surface area contributed by atoms with E-state index in [1.165, 1.54) is 12.8 Å². The van der Waals surface area contributed by atoms with Crippen molar-refractivity contribution in [1.82, 2.24) is 9.80 Å². The van der Waals surface area contributed by atoms with Gasteiger partial charge >= 0.3 is 0 Å². The van der Waals surface area contributed by atoms with Crippen LogP contribution in [0.3, 0.4) is 0 Å². The highest BCUT2D eigenvalue weighted by Crippen LogP contribution is 2.39. The predicted molar refractivity (Wildman–Crippen MR) is 100 cm³/mol. The topological polar surface area (TPSA) is 53.0 Å². The first kappa shape index (κ1) is 17.8. The largest absolute Gasteiger partial charge is 0.496 e. The number of ether oxygens (including phenoxy) is 1. The van der Waals surface area contributed by atoms with Crippen molar-refractivity contribution in [2.75, 3.05) is 33.3 Å². The molecule has 142 valence electrons. The average Bonchev–Trinajstić information content (AvgIpc) is 3.30. The Labute approximate surface area is 155 Å². The van der Waals surface area contributed by atoms with Crippen LogP contribution in [0.15, 0.2) is 18.2 Å². The second-order valence-corrected chi connectivity index (χ2v) is 8.26. The maximum absolute atomic E-state index is 13.0. The van der Waals surface area contributed by atoms with E-state index in [0.29, 0.717) is 17.4 Å². The number of rotatable bonds is 3. The molecular weight excluding hydrogens is 328 g/mol. The zero-order chi connectivity index (χ0) is 18.3. The molecule has 1 amide bonds. The lowest BCUT2D eigenvalue weighted by Crippen LogP contribution is -2.48. The Bertz CT molecular complexity index is 671. The zero-order valence-electron chi connectivity index (χ0n) is 15.9. The molecule has 0 spiro atoms. The fraction of sp³-hybridized carbons (Fsp3) is 0.667. The molecule has 2 heterocycles. The van der Waals surface area contributed by atoms with Crippen LogP contribution in [0.2, 0.25) is 0 Å². The van der Waals surface area contributed by atoms with Crippen molar-refractivity contribution in [3.8, 4) is 5.75 Å². The number of amides is 1. The molecule has 2 saturated heterocycles. The minimum absolute atomic E-state index is 0.0879. The standard InChI is InChI=1S/C21H30N2O3/c1-14-5-6-15(11-20(14)26-2)21(25)23-12-16-9-18(22-7-3-4-8-22)19(24)10-17(16)13-23/h5-6,11,16-19,24H,3-4,7-10,12-13H2,1-2H3/t16-,17+,18-,19-/m1/s1. The summed E-state index contributed by atoms with van der Waals surface area (Å²) in [6, 6.07) is 5.97. The number of nitrogens with zero attached hydrogens (tertiary/aromatic N) is 2. The molecule has 0 aromatic heterocycles. The molecule has 2 aliphatic heterocycles. The molecule has 3 fully saturated rings. The van der Waals surface area contributed by atoms with Gasteiger partial charge < -0.3 is 14.7 Å². The Morgan fingerprint density at radius 3 is 2.54 bits per heavy atom. The monoisotopic (exact) mass is 358 g/mol. The summed E-state index contributed by atoms with van der Waals surface area (Å²) in [5, 5.41) is 10.7. The Balaban J connectivity index is 1.45. The van der Waals surface area contributed by atoms with Gasteiger partial charge in [0.2, 0.25) is 0 Å². The average molecular weight is 358 g/mol. The van der Waals surface area contributed by atoms with Crippen molar-refractivity contribution in [3.05, 3.63) is 29.3 Å². The fourth-order valence-corrected chi connectivity index (χ4v) is 5.17. The van der Waals surface area contributed by atoms with Crippen molar-refractivity contribution < 1.29 is 14.6 Å². The van der Waals surface area contributed by atoms with Gasteiger partial charge in [0.1, 0.15) is 5.75 Å². The molecule has 3 aliphatic rings. The van der Waals surface area contributed by atoms with Crippen LogP contribution in [0.4, 0.5) is 0 Å². The van der Waals surface area contributed by atoms with Crippen molar-refractivity contribution in [2.24, 2.45) is 11.8 Å². The number of hydrogen-bond acceptors (Lipinski definition) is 4. The first-order valence-electron chi connectivity index (χ1n) is 9.93. The van der Waals surface area contributed by atoms with Crippen LogP contribution in [-0.4, -0.2) is 66.2 Å². The quantitative estimate of drug-likeness (QED) is 0.901. The van der Waals surface area contributed by atoms with Gasteiger partial charge in [-0.25, -0.2) is 0 Å². The molecule has 26 heavy (non-hydrogen) atoms. The maximum atomic E-state index is 13.0. The third kappa shape index (κ3) is 3.23. The van der Waals surface area contributed by atoms with Gasteiger partial charge in [-0.3, -0.25) is 9.69 Å². The summed E-state index contributed by atoms with van der Waals surface area (Å²) in [7, 11) is 1.64. The van der Waals surface area contributed by atoms with E-state index in [1.807, 2.05) is 30.0 Å². The highest BCUT2D eigenvalue weighted by atomic mass is 16.5. The number of benzene rings is 1. The second kappa shape index (κ2) is 7.20. The summed E-state index contributed by atoms with van der Waals surface area (Å²) >= 11 is 0. The van der Waals surface area contributed by atoms with Crippen LogP contribution in [0, 0.1) is 18.8 Å². The summed E-state index contributed by atoms with van der Waals surface area (Å²) in [5.41, 5.74) is 1.73. The first-order valence-corrected chi connectivity index (χ1v) is 9.93. The van der Waals surface area contributed by atoms with E-state index in [9.17, 15) is 9.90 Å². The first-order chi connectivity index (χ1) is 12.6. The van der Waals surface area contributed by atoms with Gasteiger partial charge in [0.05, 0.1) is 13.2 Å². The smallest absolute Gasteiger partial charge is 0.254 e. The number of hydrogen-bond donors (Lipinski definition) is 1. The third-order valence-electron chi connectivity index (χ3n) is 6.66. The summed E-state index contributed by atoms with van der Waals surface area (Å²) in [6.45, 7) is 5.80. The molecule has 1 aliphatic carbocycles. The number of fused-ring (bicyclic) bond motifs is 1. The van der Waals surface area contributed by atoms with Crippen LogP contribution in [0.1, 0.15) is 41.6 Å². The van der Waals surface area contributed by atoms with Gasteiger partial charge in [-0.1, -0.05) is 6.07 Å². The molecule has 0 bridgehead atoms. The van der Waals surface area contributed by atoms with E-state index in [1.54, 1.807) is 7.11 Å². The zero-order valence-corrected chi connectivity index (χ0v) is 15.9. The molecule has 5 nitrogen and oxygen atoms in total. The number of aliphatic hydroxyl groups is 1. The second-order valence-electron chi connectivity index (χ2n) is 8.26. The predicted octanol–water partition coefficient (Wildman–Crippen LogP) is 2.31. The molecule has 5 heteroatoms. The molecule has 0 unspecified atom stereocenters. The normalized spacial score (nSPS) is 31.9. The summed E-state index contributed by atoms with van der Waals surface area (Å²) in [4.78, 5) is 17.4. The van der Waals surface area contributed by atoms with E-state index in [-0.39, 0.29) is 18.1 Å². The van der Waals surface area contributed by atoms with E-state index in [4.69, 9.17) is 4.74 Å².